The van der Waals surface area contributed by atoms with Crippen LogP contribution in [-0.2, 0) is 4.79 Å². The van der Waals surface area contributed by atoms with Gasteiger partial charge in [-0.2, -0.15) is 0 Å². The van der Waals surface area contributed by atoms with Gasteiger partial charge in [0.15, 0.2) is 12.0 Å². The minimum Gasteiger partial charge on any atom is -0.507 e. The van der Waals surface area contributed by atoms with Crippen LogP contribution in [0.2, 0.25) is 0 Å². The number of aliphatic hydroxyl groups is 1. The van der Waals surface area contributed by atoms with Gasteiger partial charge in [-0.15, -0.1) is 0 Å². The highest BCUT2D eigenvalue weighted by molar-refractivity contribution is 5.86. The fraction of sp³-hybridized carbons (Fsp3) is 0.200. The fourth-order valence-corrected chi connectivity index (χ4v) is 2.53. The van der Waals surface area contributed by atoms with Crippen molar-refractivity contribution in [1.29, 1.82) is 0 Å². The van der Waals surface area contributed by atoms with Crippen molar-refractivity contribution in [1.82, 2.24) is 5.32 Å². The molecule has 0 radical (unpaired) electrons. The van der Waals surface area contributed by atoms with Gasteiger partial charge < -0.3 is 24.7 Å². The van der Waals surface area contributed by atoms with E-state index in [1.54, 1.807) is 19.1 Å². The quantitative estimate of drug-likeness (QED) is 0.614. The number of fused-ring (bicyclic) bond motifs is 1. The molecule has 1 unspecified atom stereocenters. The Kier molecular flexibility index (Phi) is 5.42. The molecule has 0 aliphatic rings. The van der Waals surface area contributed by atoms with Crippen molar-refractivity contribution in [3.8, 4) is 22.8 Å². The summed E-state index contributed by atoms with van der Waals surface area (Å²) in [6.07, 6.45) is -0.663. The van der Waals surface area contributed by atoms with Crippen LogP contribution in [0.5, 0.6) is 11.5 Å². The lowest BCUT2D eigenvalue weighted by atomic mass is 10.1. The molecule has 0 fully saturated rings. The van der Waals surface area contributed by atoms with Gasteiger partial charge in [0.05, 0.1) is 6.10 Å². The largest absolute Gasteiger partial charge is 0.507 e. The maximum atomic E-state index is 12.4. The van der Waals surface area contributed by atoms with Gasteiger partial charge in [0.1, 0.15) is 28.2 Å². The van der Waals surface area contributed by atoms with Gasteiger partial charge >= 0.3 is 0 Å². The van der Waals surface area contributed by atoms with Gasteiger partial charge in [-0.1, -0.05) is 30.3 Å². The molecule has 3 N–H and O–H groups in total. The van der Waals surface area contributed by atoms with Crippen LogP contribution in [-0.4, -0.2) is 35.4 Å². The van der Waals surface area contributed by atoms with Crippen LogP contribution in [0.4, 0.5) is 0 Å². The Labute approximate surface area is 154 Å². The maximum absolute atomic E-state index is 12.4. The normalized spacial score (nSPS) is 11.9. The maximum Gasteiger partial charge on any atom is 0.258 e. The number of aromatic hydroxyl groups is 1. The average molecular weight is 369 g/mol. The van der Waals surface area contributed by atoms with Crippen LogP contribution >= 0.6 is 0 Å². The summed E-state index contributed by atoms with van der Waals surface area (Å²) in [6.45, 7) is 1.36. The summed E-state index contributed by atoms with van der Waals surface area (Å²) in [5, 5.41) is 21.9. The van der Waals surface area contributed by atoms with E-state index in [1.165, 1.54) is 18.2 Å². The van der Waals surface area contributed by atoms with E-state index in [2.05, 4.69) is 5.32 Å². The number of carbonyl (C=O) groups excluding carboxylic acids is 1. The molecule has 1 amide bonds. The minimum absolute atomic E-state index is 0.0422. The number of phenolic OH excluding ortho intramolecular Hbond substituents is 1. The molecule has 1 heterocycles. The molecule has 3 rings (SSSR count). The lowest BCUT2D eigenvalue weighted by molar-refractivity contribution is -0.123. The molecule has 0 aliphatic heterocycles. The van der Waals surface area contributed by atoms with E-state index < -0.39 is 12.0 Å². The molecule has 1 atom stereocenters. The predicted octanol–water partition coefficient (Wildman–Crippen LogP) is 2.04. The molecule has 1 aromatic heterocycles. The Hall–Kier alpha value is -3.32. The molecule has 27 heavy (non-hydrogen) atoms. The van der Waals surface area contributed by atoms with E-state index in [-0.39, 0.29) is 41.0 Å². The number of ether oxygens (including phenoxy) is 1. The molecule has 0 saturated carbocycles. The zero-order chi connectivity index (χ0) is 19.4. The second kappa shape index (κ2) is 7.92. The fourth-order valence-electron chi connectivity index (χ4n) is 2.53. The van der Waals surface area contributed by atoms with E-state index in [4.69, 9.17) is 14.3 Å². The van der Waals surface area contributed by atoms with Gasteiger partial charge in [-0.25, -0.2) is 0 Å². The van der Waals surface area contributed by atoms with E-state index >= 15 is 0 Å². The zero-order valence-corrected chi connectivity index (χ0v) is 14.6. The monoisotopic (exact) mass is 369 g/mol. The van der Waals surface area contributed by atoms with Crippen LogP contribution < -0.4 is 15.5 Å². The molecule has 140 valence electrons. The summed E-state index contributed by atoms with van der Waals surface area (Å²) in [4.78, 5) is 24.1. The first-order valence-electron chi connectivity index (χ1n) is 8.38. The Bertz CT molecular complexity index is 1010. The first kappa shape index (κ1) is 18.5. The Morgan fingerprint density at radius 3 is 2.67 bits per heavy atom. The molecule has 7 heteroatoms. The van der Waals surface area contributed by atoms with Crippen LogP contribution in [0.25, 0.3) is 22.3 Å². The van der Waals surface area contributed by atoms with Crippen molar-refractivity contribution < 1.29 is 24.2 Å². The van der Waals surface area contributed by atoms with Crippen molar-refractivity contribution in [2.24, 2.45) is 0 Å². The predicted molar refractivity (Wildman–Crippen MR) is 99.8 cm³/mol. The van der Waals surface area contributed by atoms with Gasteiger partial charge in [-0.3, -0.25) is 9.59 Å². The first-order chi connectivity index (χ1) is 12.9. The number of hydrogen-bond acceptors (Lipinski definition) is 6. The van der Waals surface area contributed by atoms with E-state index in [1.807, 2.05) is 18.2 Å². The number of amides is 1. The van der Waals surface area contributed by atoms with Crippen LogP contribution in [0, 0.1) is 0 Å². The zero-order valence-electron chi connectivity index (χ0n) is 14.6. The third kappa shape index (κ3) is 4.45. The molecule has 7 nitrogen and oxygen atoms in total. The highest BCUT2D eigenvalue weighted by Gasteiger charge is 2.13. The van der Waals surface area contributed by atoms with E-state index in [9.17, 15) is 14.7 Å². The second-order valence-electron chi connectivity index (χ2n) is 6.10. The SMILES string of the molecule is CC(O)CNC(=O)COc1cc(O)c2c(=O)cc(-c3ccccc3)oc2c1. The van der Waals surface area contributed by atoms with Gasteiger partial charge in [0.25, 0.3) is 5.91 Å². The van der Waals surface area contributed by atoms with Gasteiger partial charge in [0.2, 0.25) is 0 Å². The molecule has 0 bridgehead atoms. The highest BCUT2D eigenvalue weighted by atomic mass is 16.5. The third-order valence-corrected chi connectivity index (χ3v) is 3.81. The number of aliphatic hydroxyl groups excluding tert-OH is 1. The number of benzene rings is 2. The van der Waals surface area contributed by atoms with Crippen molar-refractivity contribution in [3.05, 3.63) is 58.8 Å². The molecule has 0 aliphatic carbocycles. The van der Waals surface area contributed by atoms with Crippen LogP contribution in [0.1, 0.15) is 6.92 Å². The molecule has 0 saturated heterocycles. The van der Waals surface area contributed by atoms with Crippen molar-refractivity contribution in [3.63, 3.8) is 0 Å². The van der Waals surface area contributed by atoms with E-state index in [0.717, 1.165) is 5.56 Å². The van der Waals surface area contributed by atoms with Crippen molar-refractivity contribution in [2.75, 3.05) is 13.2 Å². The number of rotatable bonds is 6. The van der Waals surface area contributed by atoms with Gasteiger partial charge in [-0.05, 0) is 6.92 Å². The Morgan fingerprint density at radius 1 is 1.22 bits per heavy atom. The summed E-state index contributed by atoms with van der Waals surface area (Å²) >= 11 is 0. The smallest absolute Gasteiger partial charge is 0.258 e. The lowest BCUT2D eigenvalue weighted by Gasteiger charge is -2.10. The molecular weight excluding hydrogens is 350 g/mol. The van der Waals surface area contributed by atoms with Crippen molar-refractivity contribution >= 4 is 16.9 Å². The van der Waals surface area contributed by atoms with E-state index in [0.29, 0.717) is 5.76 Å². The summed E-state index contributed by atoms with van der Waals surface area (Å²) in [5.74, 6) is -0.171. The van der Waals surface area contributed by atoms with Crippen LogP contribution in [0.3, 0.4) is 0 Å². The highest BCUT2D eigenvalue weighted by Crippen LogP contribution is 2.31. The topological polar surface area (TPSA) is 109 Å². The van der Waals surface area contributed by atoms with Gasteiger partial charge in [0, 0.05) is 30.3 Å². The number of hydrogen-bond donors (Lipinski definition) is 3. The Morgan fingerprint density at radius 2 is 1.96 bits per heavy atom. The standard InChI is InChI=1S/C20H19NO6/c1-12(22)10-21-19(25)11-26-14-7-15(23)20-16(24)9-17(27-18(20)8-14)13-5-3-2-4-6-13/h2-9,12,22-23H,10-11H2,1H3,(H,21,25). The lowest BCUT2D eigenvalue weighted by Crippen LogP contribution is -2.34. The third-order valence-electron chi connectivity index (χ3n) is 3.81. The molecule has 0 spiro atoms. The number of nitrogens with one attached hydrogen (secondary N) is 1. The summed E-state index contributed by atoms with van der Waals surface area (Å²) in [7, 11) is 0. The van der Waals surface area contributed by atoms with Crippen LogP contribution in [0.15, 0.2) is 57.7 Å². The minimum atomic E-state index is -0.663. The number of carbonyl (C=O) groups is 1. The average Bonchev–Trinajstić information content (AvgIpc) is 2.64. The number of phenols is 1. The summed E-state index contributed by atoms with van der Waals surface area (Å²) in [6, 6.07) is 13.1. The molecule has 2 aromatic carbocycles. The summed E-state index contributed by atoms with van der Waals surface area (Å²) < 4.78 is 11.1. The van der Waals surface area contributed by atoms with Crippen molar-refractivity contribution in [2.45, 2.75) is 13.0 Å². The molecular formula is C20H19NO6. The molecule has 3 aromatic rings. The second-order valence-corrected chi connectivity index (χ2v) is 6.10. The summed E-state index contributed by atoms with van der Waals surface area (Å²) in [5.41, 5.74) is 0.495. The first-order valence-corrected chi connectivity index (χ1v) is 8.38. The Balaban J connectivity index is 1.88.